The smallest absolute Gasteiger partial charge is 0.317 e. The van der Waals surface area contributed by atoms with Gasteiger partial charge >= 0.3 is 6.03 Å². The van der Waals surface area contributed by atoms with E-state index in [9.17, 15) is 4.79 Å². The monoisotopic (exact) mass is 347 g/mol. The van der Waals surface area contributed by atoms with Crippen molar-refractivity contribution in [1.82, 2.24) is 15.1 Å². The molecule has 0 saturated heterocycles. The number of nitrogens with zero attached hydrogens (tertiary/aromatic N) is 2. The van der Waals surface area contributed by atoms with Crippen LogP contribution in [0.5, 0.6) is 0 Å². The molecule has 1 atom stereocenters. The van der Waals surface area contributed by atoms with Crippen molar-refractivity contribution in [1.29, 1.82) is 0 Å². The van der Waals surface area contributed by atoms with Crippen LogP contribution in [0.1, 0.15) is 30.0 Å². The molecule has 0 fully saturated rings. The number of nitrogens with one attached hydrogen (secondary N) is 1. The molecule has 1 aliphatic heterocycles. The second-order valence-electron chi connectivity index (χ2n) is 6.22. The van der Waals surface area contributed by atoms with Crippen LogP contribution in [0, 0.1) is 0 Å². The number of fused-ring (bicyclic) bond motifs is 1. The molecule has 0 bridgehead atoms. The van der Waals surface area contributed by atoms with Gasteiger partial charge in [-0.1, -0.05) is 0 Å². The molecule has 2 aromatic heterocycles. The van der Waals surface area contributed by atoms with Crippen molar-refractivity contribution >= 4 is 17.4 Å². The Balaban J connectivity index is 1.48. The Labute approximate surface area is 147 Å². The molecule has 5 nitrogen and oxygen atoms in total. The molecular formula is C18H25N3O2S. The summed E-state index contributed by atoms with van der Waals surface area (Å²) in [5.41, 5.74) is 1.44. The normalized spacial score (nSPS) is 15.8. The molecular weight excluding hydrogens is 322 g/mol. The highest BCUT2D eigenvalue weighted by atomic mass is 32.1. The molecule has 0 aromatic carbocycles. The third-order valence-corrected chi connectivity index (χ3v) is 5.63. The van der Waals surface area contributed by atoms with Gasteiger partial charge in [0.05, 0.1) is 12.8 Å². The topological polar surface area (TPSA) is 48.7 Å². The minimum Gasteiger partial charge on any atom is -0.467 e. The van der Waals surface area contributed by atoms with Gasteiger partial charge in [-0.15, -0.1) is 11.3 Å². The minimum atomic E-state index is -0.0334. The van der Waals surface area contributed by atoms with Gasteiger partial charge in [-0.05, 0) is 49.4 Å². The van der Waals surface area contributed by atoms with Crippen LogP contribution in [-0.2, 0) is 19.5 Å². The first kappa shape index (κ1) is 17.0. The third kappa shape index (κ3) is 3.99. The molecule has 2 amide bonds. The van der Waals surface area contributed by atoms with E-state index in [1.54, 1.807) is 11.2 Å². The summed E-state index contributed by atoms with van der Waals surface area (Å²) in [4.78, 5) is 18.1. The fourth-order valence-corrected chi connectivity index (χ4v) is 3.93. The number of urea groups is 1. The van der Waals surface area contributed by atoms with Crippen LogP contribution >= 0.6 is 11.3 Å². The zero-order chi connectivity index (χ0) is 16.9. The summed E-state index contributed by atoms with van der Waals surface area (Å²) in [6.45, 7) is 8.03. The summed E-state index contributed by atoms with van der Waals surface area (Å²) >= 11 is 1.85. The summed E-state index contributed by atoms with van der Waals surface area (Å²) in [6.07, 6.45) is 2.75. The van der Waals surface area contributed by atoms with E-state index < -0.39 is 0 Å². The Morgan fingerprint density at radius 1 is 1.50 bits per heavy atom. The lowest BCUT2D eigenvalue weighted by Crippen LogP contribution is -2.47. The molecule has 1 aliphatic rings. The fraction of sp³-hybridized carbons (Fsp3) is 0.500. The molecule has 0 aliphatic carbocycles. The van der Waals surface area contributed by atoms with Crippen molar-refractivity contribution < 1.29 is 9.21 Å². The number of hydrogen-bond donors (Lipinski definition) is 1. The zero-order valence-corrected chi connectivity index (χ0v) is 15.1. The molecule has 2 aromatic rings. The highest BCUT2D eigenvalue weighted by Crippen LogP contribution is 2.24. The van der Waals surface area contributed by atoms with E-state index in [1.807, 2.05) is 30.4 Å². The maximum Gasteiger partial charge on any atom is 0.317 e. The quantitative estimate of drug-likeness (QED) is 0.872. The zero-order valence-electron chi connectivity index (χ0n) is 14.3. The molecule has 0 saturated carbocycles. The maximum atomic E-state index is 12.4. The summed E-state index contributed by atoms with van der Waals surface area (Å²) in [6, 6.07) is 6.25. The Hall–Kier alpha value is -1.79. The van der Waals surface area contributed by atoms with Crippen LogP contribution < -0.4 is 5.32 Å². The first-order valence-corrected chi connectivity index (χ1v) is 9.39. The van der Waals surface area contributed by atoms with E-state index in [1.165, 1.54) is 10.4 Å². The van der Waals surface area contributed by atoms with Gasteiger partial charge in [0.25, 0.3) is 0 Å². The highest BCUT2D eigenvalue weighted by molar-refractivity contribution is 7.10. The van der Waals surface area contributed by atoms with E-state index >= 15 is 0 Å². The summed E-state index contributed by atoms with van der Waals surface area (Å²) < 4.78 is 5.33. The van der Waals surface area contributed by atoms with Gasteiger partial charge in [0, 0.05) is 37.1 Å². The summed E-state index contributed by atoms with van der Waals surface area (Å²) in [5.74, 6) is 0.807. The first-order valence-electron chi connectivity index (χ1n) is 8.51. The number of amides is 2. The van der Waals surface area contributed by atoms with Gasteiger partial charge in [0.1, 0.15) is 5.76 Å². The Kier molecular flexibility index (Phi) is 5.58. The van der Waals surface area contributed by atoms with Gasteiger partial charge in [-0.3, -0.25) is 4.90 Å². The number of carbonyl (C=O) groups excluding carboxylic acids is 1. The van der Waals surface area contributed by atoms with Crippen LogP contribution in [0.4, 0.5) is 4.79 Å². The van der Waals surface area contributed by atoms with E-state index in [0.29, 0.717) is 25.7 Å². The third-order valence-electron chi connectivity index (χ3n) is 4.60. The SMILES string of the molecule is CCN(Cc1ccco1)C(=O)NC[C@@H](C)N1CCc2sccc2C1. The summed E-state index contributed by atoms with van der Waals surface area (Å²) in [7, 11) is 0. The van der Waals surface area contributed by atoms with Crippen molar-refractivity contribution in [2.75, 3.05) is 19.6 Å². The van der Waals surface area contributed by atoms with Gasteiger partial charge in [0.2, 0.25) is 0 Å². The lowest BCUT2D eigenvalue weighted by Gasteiger charge is -2.33. The van der Waals surface area contributed by atoms with Crippen molar-refractivity contribution in [3.8, 4) is 0 Å². The van der Waals surface area contributed by atoms with Crippen molar-refractivity contribution in [3.05, 3.63) is 46.0 Å². The van der Waals surface area contributed by atoms with Gasteiger partial charge in [0.15, 0.2) is 0 Å². The van der Waals surface area contributed by atoms with Crippen molar-refractivity contribution in [2.24, 2.45) is 0 Å². The number of carbonyl (C=O) groups is 1. The minimum absolute atomic E-state index is 0.0334. The average Bonchev–Trinajstić information content (AvgIpc) is 3.27. The first-order chi connectivity index (χ1) is 11.7. The molecule has 3 heterocycles. The maximum absolute atomic E-state index is 12.4. The standard InChI is InChI=1S/C18H25N3O2S/c1-3-20(13-16-5-4-9-23-16)18(22)19-11-14(2)21-8-6-17-15(12-21)7-10-24-17/h4-5,7,9-10,14H,3,6,8,11-13H2,1-2H3,(H,19,22)/t14-/m1/s1. The molecule has 0 radical (unpaired) electrons. The van der Waals surface area contributed by atoms with Crippen molar-refractivity contribution in [2.45, 2.75) is 39.4 Å². The van der Waals surface area contributed by atoms with Crippen LogP contribution in [0.2, 0.25) is 0 Å². The lowest BCUT2D eigenvalue weighted by atomic mass is 10.1. The molecule has 6 heteroatoms. The molecule has 24 heavy (non-hydrogen) atoms. The number of rotatable bonds is 6. The second kappa shape index (κ2) is 7.85. The van der Waals surface area contributed by atoms with Gasteiger partial charge in [-0.25, -0.2) is 4.79 Å². The summed E-state index contributed by atoms with van der Waals surface area (Å²) in [5, 5.41) is 5.24. The van der Waals surface area contributed by atoms with Crippen LogP contribution in [0.25, 0.3) is 0 Å². The second-order valence-corrected chi connectivity index (χ2v) is 7.22. The number of furan rings is 1. The average molecular weight is 347 g/mol. The van der Waals surface area contributed by atoms with E-state index in [-0.39, 0.29) is 6.03 Å². The molecule has 1 N–H and O–H groups in total. The Morgan fingerprint density at radius 3 is 3.12 bits per heavy atom. The Morgan fingerprint density at radius 2 is 2.38 bits per heavy atom. The van der Waals surface area contributed by atoms with E-state index in [0.717, 1.165) is 25.3 Å². The lowest BCUT2D eigenvalue weighted by molar-refractivity contribution is 0.171. The largest absolute Gasteiger partial charge is 0.467 e. The highest BCUT2D eigenvalue weighted by Gasteiger charge is 2.22. The van der Waals surface area contributed by atoms with E-state index in [2.05, 4.69) is 28.6 Å². The van der Waals surface area contributed by atoms with Crippen molar-refractivity contribution in [3.63, 3.8) is 0 Å². The molecule has 3 rings (SSSR count). The number of thiophene rings is 1. The van der Waals surface area contributed by atoms with Crippen LogP contribution in [0.15, 0.2) is 34.3 Å². The molecule has 0 spiro atoms. The predicted octanol–water partition coefficient (Wildman–Crippen LogP) is 3.32. The molecule has 130 valence electrons. The molecule has 0 unspecified atom stereocenters. The van der Waals surface area contributed by atoms with Crippen LogP contribution in [0.3, 0.4) is 0 Å². The van der Waals surface area contributed by atoms with Gasteiger partial charge < -0.3 is 14.6 Å². The van der Waals surface area contributed by atoms with E-state index in [4.69, 9.17) is 4.42 Å². The van der Waals surface area contributed by atoms with Crippen LogP contribution in [-0.4, -0.2) is 41.5 Å². The van der Waals surface area contributed by atoms with Gasteiger partial charge in [-0.2, -0.15) is 0 Å². The predicted molar refractivity (Wildman–Crippen MR) is 96.1 cm³/mol. The fourth-order valence-electron chi connectivity index (χ4n) is 3.04. The number of hydrogen-bond acceptors (Lipinski definition) is 4. The Bertz CT molecular complexity index is 653.